The van der Waals surface area contributed by atoms with Crippen molar-refractivity contribution in [3.63, 3.8) is 0 Å². The average molecular weight is 413 g/mol. The molecular weight excluding hydrogens is 390 g/mol. The zero-order chi connectivity index (χ0) is 20.6. The number of carbonyl (C=O) groups is 1. The number of nitrogens with zero attached hydrogens (tertiary/aromatic N) is 2. The zero-order valence-corrected chi connectivity index (χ0v) is 17.1. The van der Waals surface area contributed by atoms with E-state index in [4.69, 9.17) is 4.74 Å². The first-order valence-electron chi connectivity index (χ1n) is 9.46. The Morgan fingerprint density at radius 3 is 2.45 bits per heavy atom. The van der Waals surface area contributed by atoms with Crippen LogP contribution in [0.5, 0.6) is 5.75 Å². The largest absolute Gasteiger partial charge is 0.497 e. The van der Waals surface area contributed by atoms with Gasteiger partial charge in [-0.2, -0.15) is 13.5 Å². The predicted octanol–water partition coefficient (Wildman–Crippen LogP) is 2.46. The zero-order valence-electron chi connectivity index (χ0n) is 16.3. The quantitative estimate of drug-likeness (QED) is 0.737. The molecule has 152 valence electrons. The van der Waals surface area contributed by atoms with Crippen LogP contribution in [0.1, 0.15) is 24.0 Å². The van der Waals surface area contributed by atoms with E-state index in [1.807, 2.05) is 31.2 Å². The fourth-order valence-electron chi connectivity index (χ4n) is 3.89. The van der Waals surface area contributed by atoms with Gasteiger partial charge in [-0.05, 0) is 43.2 Å². The van der Waals surface area contributed by atoms with Gasteiger partial charge in [0.05, 0.1) is 23.8 Å². The Labute approximate surface area is 170 Å². The highest BCUT2D eigenvalue weighted by atomic mass is 32.2. The number of rotatable bonds is 6. The highest BCUT2D eigenvalue weighted by Crippen LogP contribution is 2.38. The van der Waals surface area contributed by atoms with Crippen LogP contribution in [0.25, 0.3) is 0 Å². The van der Waals surface area contributed by atoms with E-state index in [9.17, 15) is 13.2 Å². The molecule has 2 atom stereocenters. The van der Waals surface area contributed by atoms with Gasteiger partial charge >= 0.3 is 0 Å². The Morgan fingerprint density at radius 2 is 1.83 bits per heavy atom. The number of likely N-dealkylation sites (tertiary alicyclic amines) is 1. The molecule has 1 aliphatic carbocycles. The van der Waals surface area contributed by atoms with Crippen LogP contribution in [-0.4, -0.2) is 38.1 Å². The summed E-state index contributed by atoms with van der Waals surface area (Å²) >= 11 is 0. The molecule has 2 aliphatic rings. The highest BCUT2D eigenvalue weighted by Gasteiger charge is 2.48. The van der Waals surface area contributed by atoms with Crippen molar-refractivity contribution in [3.8, 4) is 5.75 Å². The monoisotopic (exact) mass is 413 g/mol. The lowest BCUT2D eigenvalue weighted by atomic mass is 10.1. The minimum Gasteiger partial charge on any atom is -0.497 e. The Hall–Kier alpha value is -2.87. The number of ether oxygens (including phenoxy) is 1. The Kier molecular flexibility index (Phi) is 5.04. The molecule has 1 saturated carbocycles. The smallest absolute Gasteiger partial charge is 0.276 e. The summed E-state index contributed by atoms with van der Waals surface area (Å²) in [6.07, 6.45) is 1.18. The number of methoxy groups -OCH3 is 1. The number of piperidine rings is 1. The van der Waals surface area contributed by atoms with E-state index < -0.39 is 10.0 Å². The lowest BCUT2D eigenvalue weighted by Gasteiger charge is -2.28. The minimum absolute atomic E-state index is 0.103. The Bertz CT molecular complexity index is 1050. The maximum absolute atomic E-state index is 12.6. The number of benzene rings is 2. The molecule has 8 heteroatoms. The molecule has 1 N–H and O–H groups in total. The molecule has 1 aliphatic heterocycles. The predicted molar refractivity (Wildman–Crippen MR) is 109 cm³/mol. The summed E-state index contributed by atoms with van der Waals surface area (Å²) in [5.74, 6) is 0.739. The Morgan fingerprint density at radius 1 is 1.14 bits per heavy atom. The third-order valence-electron chi connectivity index (χ3n) is 5.51. The second-order valence-electron chi connectivity index (χ2n) is 7.48. The molecular formula is C21H23N3O4S. The van der Waals surface area contributed by atoms with Gasteiger partial charge < -0.3 is 9.64 Å². The molecule has 0 spiro atoms. The van der Waals surface area contributed by atoms with Crippen LogP contribution >= 0.6 is 0 Å². The number of amides is 1. The van der Waals surface area contributed by atoms with Crippen molar-refractivity contribution in [1.82, 2.24) is 9.73 Å². The number of nitrogens with one attached hydrogen (secondary N) is 1. The Balaban J connectivity index is 1.49. The van der Waals surface area contributed by atoms with Gasteiger partial charge in [-0.1, -0.05) is 29.8 Å². The van der Waals surface area contributed by atoms with Gasteiger partial charge in [0, 0.05) is 18.9 Å². The summed E-state index contributed by atoms with van der Waals surface area (Å²) < 4.78 is 30.2. The maximum atomic E-state index is 12.6. The first-order valence-corrected chi connectivity index (χ1v) is 10.9. The van der Waals surface area contributed by atoms with E-state index in [1.165, 1.54) is 0 Å². The molecule has 1 saturated heterocycles. The third kappa shape index (κ3) is 3.85. The molecule has 29 heavy (non-hydrogen) atoms. The summed E-state index contributed by atoms with van der Waals surface area (Å²) in [4.78, 5) is 16.9. The van der Waals surface area contributed by atoms with Crippen molar-refractivity contribution in [2.75, 3.05) is 7.11 Å². The summed E-state index contributed by atoms with van der Waals surface area (Å²) in [6.45, 7) is 2.36. The SMILES string of the molecule is COc1ccc(CN2C(=O)[C@@H]3C/C(=N\NS(=O)(=O)c4ccc(C)cc4)[C@H]2C3)cc1. The van der Waals surface area contributed by atoms with Crippen LogP contribution in [0.15, 0.2) is 58.5 Å². The molecule has 0 unspecified atom stereocenters. The standard InChI is InChI=1S/C21H23N3O4S/c1-14-3-9-18(10-4-14)29(26,27)23-22-19-11-16-12-20(19)24(21(16)25)13-15-5-7-17(28-2)8-6-15/h3-10,16,20,23H,11-13H2,1-2H3/b22-19+/t16-,20-/m1/s1. The van der Waals surface area contributed by atoms with E-state index in [0.29, 0.717) is 25.1 Å². The number of fused-ring (bicyclic) bond motifs is 2. The summed E-state index contributed by atoms with van der Waals surface area (Å²) in [7, 11) is -2.12. The van der Waals surface area contributed by atoms with Crippen molar-refractivity contribution in [2.45, 2.75) is 37.2 Å². The van der Waals surface area contributed by atoms with Crippen molar-refractivity contribution in [2.24, 2.45) is 11.0 Å². The molecule has 2 aromatic rings. The van der Waals surface area contributed by atoms with Crippen LogP contribution in [0.2, 0.25) is 0 Å². The molecule has 4 rings (SSSR count). The highest BCUT2D eigenvalue weighted by molar-refractivity contribution is 7.89. The minimum atomic E-state index is -3.73. The fraction of sp³-hybridized carbons (Fsp3) is 0.333. The van der Waals surface area contributed by atoms with Gasteiger partial charge in [0.1, 0.15) is 5.75 Å². The van der Waals surface area contributed by atoms with Crippen molar-refractivity contribution < 1.29 is 17.9 Å². The average Bonchev–Trinajstić information content (AvgIpc) is 3.26. The third-order valence-corrected chi connectivity index (χ3v) is 6.73. The van der Waals surface area contributed by atoms with E-state index in [-0.39, 0.29) is 22.8 Å². The van der Waals surface area contributed by atoms with Gasteiger partial charge in [-0.3, -0.25) is 4.79 Å². The van der Waals surface area contributed by atoms with Crippen molar-refractivity contribution in [3.05, 3.63) is 59.7 Å². The lowest BCUT2D eigenvalue weighted by Crippen LogP contribution is -2.42. The number of hydrogen-bond acceptors (Lipinski definition) is 5. The van der Waals surface area contributed by atoms with Crippen LogP contribution < -0.4 is 9.57 Å². The number of hydrogen-bond donors (Lipinski definition) is 1. The fourth-order valence-corrected chi connectivity index (χ4v) is 4.72. The van der Waals surface area contributed by atoms with Gasteiger partial charge in [-0.25, -0.2) is 4.83 Å². The molecule has 1 heterocycles. The van der Waals surface area contributed by atoms with E-state index in [1.54, 1.807) is 36.3 Å². The normalized spacial score (nSPS) is 22.3. The maximum Gasteiger partial charge on any atom is 0.276 e. The van der Waals surface area contributed by atoms with Gasteiger partial charge in [0.25, 0.3) is 10.0 Å². The molecule has 7 nitrogen and oxygen atoms in total. The second kappa shape index (κ2) is 7.51. The van der Waals surface area contributed by atoms with Crippen LogP contribution in [0, 0.1) is 12.8 Å². The molecule has 0 aromatic heterocycles. The van der Waals surface area contributed by atoms with E-state index in [0.717, 1.165) is 16.9 Å². The second-order valence-corrected chi connectivity index (χ2v) is 9.14. The van der Waals surface area contributed by atoms with Crippen LogP contribution in [0.3, 0.4) is 0 Å². The number of aryl methyl sites for hydroxylation is 1. The molecule has 1 amide bonds. The van der Waals surface area contributed by atoms with E-state index in [2.05, 4.69) is 9.93 Å². The van der Waals surface area contributed by atoms with Crippen molar-refractivity contribution in [1.29, 1.82) is 0 Å². The van der Waals surface area contributed by atoms with Crippen LogP contribution in [0.4, 0.5) is 0 Å². The van der Waals surface area contributed by atoms with Crippen LogP contribution in [-0.2, 0) is 21.4 Å². The van der Waals surface area contributed by atoms with Gasteiger partial charge in [-0.15, -0.1) is 0 Å². The van der Waals surface area contributed by atoms with Crippen molar-refractivity contribution >= 4 is 21.6 Å². The van der Waals surface area contributed by atoms with Gasteiger partial charge in [0.15, 0.2) is 0 Å². The summed E-state index contributed by atoms with van der Waals surface area (Å²) in [5, 5.41) is 4.19. The first-order chi connectivity index (χ1) is 13.9. The lowest BCUT2D eigenvalue weighted by molar-refractivity contribution is -0.132. The summed E-state index contributed by atoms with van der Waals surface area (Å²) in [5.41, 5.74) is 2.68. The number of carbonyl (C=O) groups excluding carboxylic acids is 1. The molecule has 2 fully saturated rings. The topological polar surface area (TPSA) is 88.1 Å². The molecule has 2 bridgehead atoms. The van der Waals surface area contributed by atoms with E-state index >= 15 is 0 Å². The number of sulfonamides is 1. The molecule has 0 radical (unpaired) electrons. The number of hydrazone groups is 1. The van der Waals surface area contributed by atoms with Gasteiger partial charge in [0.2, 0.25) is 5.91 Å². The summed E-state index contributed by atoms with van der Waals surface area (Å²) in [6, 6.07) is 14.0. The molecule has 2 aromatic carbocycles. The first kappa shape index (κ1) is 19.4.